The molecule has 1 amide bonds. The van der Waals surface area contributed by atoms with Crippen molar-refractivity contribution in [2.45, 2.75) is 39.6 Å². The first-order valence-electron chi connectivity index (χ1n) is 8.00. The van der Waals surface area contributed by atoms with E-state index in [1.165, 1.54) is 0 Å². The van der Waals surface area contributed by atoms with Crippen molar-refractivity contribution in [2.24, 2.45) is 0 Å². The van der Waals surface area contributed by atoms with Crippen LogP contribution in [0.25, 0.3) is 10.9 Å². The lowest BCUT2D eigenvalue weighted by Crippen LogP contribution is -2.36. The van der Waals surface area contributed by atoms with Crippen LogP contribution in [0, 0.1) is 0 Å². The molecule has 0 atom stereocenters. The Morgan fingerprint density at radius 3 is 2.67 bits per heavy atom. The molecule has 0 aliphatic carbocycles. The number of amides is 1. The third kappa shape index (κ3) is 4.38. The van der Waals surface area contributed by atoms with Gasteiger partial charge in [0.15, 0.2) is 0 Å². The fourth-order valence-corrected chi connectivity index (χ4v) is 2.59. The average molecular weight is 330 g/mol. The molecule has 0 saturated carbocycles. The van der Waals surface area contributed by atoms with E-state index in [1.807, 2.05) is 49.7 Å². The second kappa shape index (κ2) is 7.53. The van der Waals surface area contributed by atoms with Crippen molar-refractivity contribution in [1.29, 1.82) is 0 Å². The average Bonchev–Trinajstić information content (AvgIpc) is 2.84. The summed E-state index contributed by atoms with van der Waals surface area (Å²) in [6.45, 7) is 10.7. The van der Waals surface area contributed by atoms with Gasteiger partial charge in [0.2, 0.25) is 0 Å². The Hall–Kier alpha value is -2.27. The van der Waals surface area contributed by atoms with E-state index < -0.39 is 5.60 Å². The van der Waals surface area contributed by atoms with Crippen molar-refractivity contribution in [1.82, 2.24) is 9.47 Å². The number of carbonyl (C=O) groups excluding carboxylic acids is 1. The Kier molecular flexibility index (Phi) is 5.67. The quantitative estimate of drug-likeness (QED) is 0.747. The Morgan fingerprint density at radius 1 is 1.33 bits per heavy atom. The maximum atomic E-state index is 12.4. The first-order chi connectivity index (χ1) is 11.4. The molecule has 0 N–H and O–H groups in total. The summed E-state index contributed by atoms with van der Waals surface area (Å²) in [6, 6.07) is 8.09. The number of nitrogens with zero attached hydrogens (tertiary/aromatic N) is 2. The highest BCUT2D eigenvalue weighted by Gasteiger charge is 2.22. The summed E-state index contributed by atoms with van der Waals surface area (Å²) in [5.41, 5.74) is 1.60. The maximum absolute atomic E-state index is 12.4. The van der Waals surface area contributed by atoms with Gasteiger partial charge < -0.3 is 18.9 Å². The minimum atomic E-state index is -0.527. The number of ether oxygens (including phenoxy) is 2. The minimum Gasteiger partial charge on any atom is -0.444 e. The van der Waals surface area contributed by atoms with Crippen LogP contribution in [-0.2, 0) is 22.7 Å². The number of fused-ring (bicyclic) bond motifs is 1. The first-order valence-corrected chi connectivity index (χ1v) is 8.00. The summed E-state index contributed by atoms with van der Waals surface area (Å²) in [4.78, 5) is 14.1. The van der Waals surface area contributed by atoms with Crippen molar-refractivity contribution in [3.8, 4) is 0 Å². The second-order valence-electron chi connectivity index (χ2n) is 6.71. The molecular formula is C19H26N2O3. The third-order valence-electron chi connectivity index (χ3n) is 3.50. The molecule has 0 saturated heterocycles. The Morgan fingerprint density at radius 2 is 2.04 bits per heavy atom. The van der Waals surface area contributed by atoms with Crippen LogP contribution in [0.4, 0.5) is 4.79 Å². The van der Waals surface area contributed by atoms with Gasteiger partial charge in [-0.1, -0.05) is 24.3 Å². The predicted molar refractivity (Wildman–Crippen MR) is 95.8 cm³/mol. The summed E-state index contributed by atoms with van der Waals surface area (Å²) >= 11 is 0. The molecule has 0 aliphatic rings. The first kappa shape index (κ1) is 18.1. The van der Waals surface area contributed by atoms with Gasteiger partial charge in [0.05, 0.1) is 12.1 Å². The van der Waals surface area contributed by atoms with E-state index in [4.69, 9.17) is 9.47 Å². The van der Waals surface area contributed by atoms with Crippen LogP contribution in [0.2, 0.25) is 0 Å². The number of methoxy groups -OCH3 is 1. The standard InChI is InChI=1S/C19H26N2O3/c1-6-11-20(18(22)24-19(2,3)4)12-15-13-21(14-23-5)17-10-8-7-9-16(15)17/h6-10,13H,1,11-12,14H2,2-5H3. The molecule has 0 bridgehead atoms. The topological polar surface area (TPSA) is 43.7 Å². The molecule has 24 heavy (non-hydrogen) atoms. The number of aromatic nitrogens is 1. The smallest absolute Gasteiger partial charge is 0.410 e. The zero-order valence-corrected chi connectivity index (χ0v) is 14.9. The Balaban J connectivity index is 2.30. The van der Waals surface area contributed by atoms with Crippen LogP contribution in [0.15, 0.2) is 43.1 Å². The van der Waals surface area contributed by atoms with Crippen LogP contribution >= 0.6 is 0 Å². The highest BCUT2D eigenvalue weighted by atomic mass is 16.6. The molecule has 0 unspecified atom stereocenters. The van der Waals surface area contributed by atoms with E-state index in [-0.39, 0.29) is 6.09 Å². The van der Waals surface area contributed by atoms with Crippen LogP contribution < -0.4 is 0 Å². The van der Waals surface area contributed by atoms with Gasteiger partial charge in [-0.3, -0.25) is 0 Å². The van der Waals surface area contributed by atoms with Crippen molar-refractivity contribution in [3.63, 3.8) is 0 Å². The van der Waals surface area contributed by atoms with Crippen LogP contribution in [0.1, 0.15) is 26.3 Å². The fourth-order valence-electron chi connectivity index (χ4n) is 2.59. The second-order valence-corrected chi connectivity index (χ2v) is 6.71. The van der Waals surface area contributed by atoms with E-state index in [0.29, 0.717) is 19.8 Å². The van der Waals surface area contributed by atoms with Gasteiger partial charge in [-0.05, 0) is 32.4 Å². The number of para-hydroxylation sites is 1. The molecule has 1 aromatic carbocycles. The number of carbonyl (C=O) groups is 1. The molecule has 0 spiro atoms. The lowest BCUT2D eigenvalue weighted by Gasteiger charge is -2.26. The molecule has 2 aromatic rings. The predicted octanol–water partition coefficient (Wildman–Crippen LogP) is 4.17. The van der Waals surface area contributed by atoms with Crippen molar-refractivity contribution >= 4 is 17.0 Å². The monoisotopic (exact) mass is 330 g/mol. The van der Waals surface area contributed by atoms with E-state index in [2.05, 4.69) is 12.6 Å². The zero-order chi connectivity index (χ0) is 17.7. The Bertz CT molecular complexity index is 713. The van der Waals surface area contributed by atoms with E-state index >= 15 is 0 Å². The van der Waals surface area contributed by atoms with Gasteiger partial charge in [-0.15, -0.1) is 6.58 Å². The molecular weight excluding hydrogens is 304 g/mol. The van der Waals surface area contributed by atoms with Crippen LogP contribution in [0.3, 0.4) is 0 Å². The van der Waals surface area contributed by atoms with E-state index in [1.54, 1.807) is 18.1 Å². The van der Waals surface area contributed by atoms with Gasteiger partial charge in [0, 0.05) is 25.2 Å². The molecule has 1 heterocycles. The minimum absolute atomic E-state index is 0.342. The highest BCUT2D eigenvalue weighted by molar-refractivity contribution is 5.84. The van der Waals surface area contributed by atoms with Gasteiger partial charge in [-0.25, -0.2) is 4.79 Å². The fraction of sp³-hybridized carbons (Fsp3) is 0.421. The van der Waals surface area contributed by atoms with E-state index in [0.717, 1.165) is 16.5 Å². The summed E-state index contributed by atoms with van der Waals surface area (Å²) in [6.07, 6.45) is 3.39. The van der Waals surface area contributed by atoms with Gasteiger partial charge in [-0.2, -0.15) is 0 Å². The molecule has 2 rings (SSSR count). The third-order valence-corrected chi connectivity index (χ3v) is 3.50. The number of hydrogen-bond acceptors (Lipinski definition) is 3. The number of benzene rings is 1. The van der Waals surface area contributed by atoms with Gasteiger partial charge in [0.1, 0.15) is 12.3 Å². The molecule has 0 fully saturated rings. The van der Waals surface area contributed by atoms with Crippen molar-refractivity contribution < 1.29 is 14.3 Å². The SMILES string of the molecule is C=CCN(Cc1cn(COC)c2ccccc12)C(=O)OC(C)(C)C. The lowest BCUT2D eigenvalue weighted by atomic mass is 10.1. The van der Waals surface area contributed by atoms with Crippen LogP contribution in [-0.4, -0.2) is 34.8 Å². The van der Waals surface area contributed by atoms with Gasteiger partial charge in [0.25, 0.3) is 0 Å². The summed E-state index contributed by atoms with van der Waals surface area (Å²) in [7, 11) is 1.67. The molecule has 5 nitrogen and oxygen atoms in total. The molecule has 130 valence electrons. The lowest BCUT2D eigenvalue weighted by molar-refractivity contribution is 0.0257. The van der Waals surface area contributed by atoms with Gasteiger partial charge >= 0.3 is 6.09 Å². The highest BCUT2D eigenvalue weighted by Crippen LogP contribution is 2.23. The summed E-state index contributed by atoms with van der Waals surface area (Å²) in [5, 5.41) is 1.10. The van der Waals surface area contributed by atoms with Crippen molar-refractivity contribution in [2.75, 3.05) is 13.7 Å². The molecule has 0 aliphatic heterocycles. The molecule has 1 aromatic heterocycles. The van der Waals surface area contributed by atoms with Crippen molar-refractivity contribution in [3.05, 3.63) is 48.7 Å². The largest absolute Gasteiger partial charge is 0.444 e. The van der Waals surface area contributed by atoms with E-state index in [9.17, 15) is 4.79 Å². The maximum Gasteiger partial charge on any atom is 0.410 e. The molecule has 5 heteroatoms. The summed E-state index contributed by atoms with van der Waals surface area (Å²) in [5.74, 6) is 0. The zero-order valence-electron chi connectivity index (χ0n) is 14.9. The van der Waals surface area contributed by atoms with Crippen LogP contribution in [0.5, 0.6) is 0 Å². The normalized spacial score (nSPS) is 11.5. The molecule has 0 radical (unpaired) electrons. The number of hydrogen-bond donors (Lipinski definition) is 0. The summed E-state index contributed by atoms with van der Waals surface area (Å²) < 4.78 is 12.8. The Labute approximate surface area is 143 Å². The number of rotatable bonds is 6.